The number of aryl methyl sites for hydroxylation is 1. The molecule has 1 saturated carbocycles. The maximum atomic E-state index is 13.1. The number of sulfone groups is 1. The molecule has 1 aliphatic rings. The topological polar surface area (TPSA) is 51.2 Å². The van der Waals surface area contributed by atoms with Gasteiger partial charge in [0.1, 0.15) is 5.75 Å². The maximum absolute atomic E-state index is 13.1. The van der Waals surface area contributed by atoms with E-state index in [4.69, 9.17) is 0 Å². The summed E-state index contributed by atoms with van der Waals surface area (Å²) in [6.07, 6.45) is 4.62. The summed E-state index contributed by atoms with van der Waals surface area (Å²) < 4.78 is 25.3. The second kappa shape index (κ2) is 7.42. The summed E-state index contributed by atoms with van der Waals surface area (Å²) in [5, 5.41) is 3.98. The molecule has 2 aromatic rings. The average Bonchev–Trinajstić information content (AvgIpc) is 3.12. The van der Waals surface area contributed by atoms with Crippen LogP contribution in [0.2, 0.25) is 0 Å². The molecule has 5 heteroatoms. The number of thiophene rings is 1. The van der Waals surface area contributed by atoms with E-state index in [0.717, 1.165) is 48.8 Å². The second-order valence-corrected chi connectivity index (χ2v) is 9.94. The monoisotopic (exact) mass is 376 g/mol. The first-order valence-corrected chi connectivity index (χ1v) is 11.5. The number of hydrogen-bond acceptors (Lipinski definition) is 4. The van der Waals surface area contributed by atoms with Gasteiger partial charge < -0.3 is 0 Å². The van der Waals surface area contributed by atoms with E-state index in [0.29, 0.717) is 0 Å². The molecule has 1 heterocycles. The van der Waals surface area contributed by atoms with Crippen LogP contribution in [0.4, 0.5) is 0 Å². The molecule has 3 rings (SSSR count). The fourth-order valence-corrected chi connectivity index (χ4v) is 5.98. The molecule has 1 aromatic carbocycles. The van der Waals surface area contributed by atoms with E-state index in [1.54, 1.807) is 11.3 Å². The number of carbonyl (C=O) groups is 1. The van der Waals surface area contributed by atoms with Gasteiger partial charge in [-0.15, -0.1) is 0 Å². The largest absolute Gasteiger partial charge is 0.298 e. The summed E-state index contributed by atoms with van der Waals surface area (Å²) in [7, 11) is -3.47. The van der Waals surface area contributed by atoms with Gasteiger partial charge in [0.05, 0.1) is 11.2 Å². The summed E-state index contributed by atoms with van der Waals surface area (Å²) in [5.74, 6) is -0.562. The molecule has 0 aliphatic heterocycles. The van der Waals surface area contributed by atoms with Crippen LogP contribution in [-0.2, 0) is 25.8 Å². The fourth-order valence-electron chi connectivity index (χ4n) is 3.75. The molecule has 134 valence electrons. The minimum atomic E-state index is -3.47. The lowest BCUT2D eigenvalue weighted by molar-refractivity contribution is -0.123. The summed E-state index contributed by atoms with van der Waals surface area (Å²) >= 11 is 1.57. The summed E-state index contributed by atoms with van der Waals surface area (Å²) in [6, 6.07) is 9.45. The van der Waals surface area contributed by atoms with Crippen molar-refractivity contribution in [3.8, 4) is 0 Å². The van der Waals surface area contributed by atoms with Crippen molar-refractivity contribution in [2.75, 3.05) is 5.75 Å². The molecule has 1 fully saturated rings. The van der Waals surface area contributed by atoms with Crippen LogP contribution < -0.4 is 0 Å². The van der Waals surface area contributed by atoms with Crippen molar-refractivity contribution >= 4 is 27.0 Å². The Morgan fingerprint density at radius 2 is 1.76 bits per heavy atom. The van der Waals surface area contributed by atoms with Crippen LogP contribution in [-0.4, -0.2) is 20.0 Å². The Labute approximate surface area is 154 Å². The predicted molar refractivity (Wildman–Crippen MR) is 103 cm³/mol. The molecular weight excluding hydrogens is 352 g/mol. The molecule has 0 unspecified atom stereocenters. The van der Waals surface area contributed by atoms with E-state index in [1.165, 1.54) is 0 Å². The molecule has 3 nitrogen and oxygen atoms in total. The molecule has 0 bridgehead atoms. The Balaban J connectivity index is 1.79. The van der Waals surface area contributed by atoms with Gasteiger partial charge in [-0.2, -0.15) is 11.3 Å². The van der Waals surface area contributed by atoms with Crippen LogP contribution in [0.1, 0.15) is 48.8 Å². The van der Waals surface area contributed by atoms with Gasteiger partial charge >= 0.3 is 0 Å². The predicted octanol–water partition coefficient (Wildman–Crippen LogP) is 4.44. The van der Waals surface area contributed by atoms with Gasteiger partial charge in [0.25, 0.3) is 0 Å². The second-order valence-electron chi connectivity index (χ2n) is 7.10. The van der Waals surface area contributed by atoms with Crippen LogP contribution in [0.3, 0.4) is 0 Å². The highest BCUT2D eigenvalue weighted by Gasteiger charge is 2.42. The Morgan fingerprint density at radius 3 is 2.36 bits per heavy atom. The molecule has 0 saturated heterocycles. The van der Waals surface area contributed by atoms with Crippen molar-refractivity contribution in [1.29, 1.82) is 0 Å². The molecule has 25 heavy (non-hydrogen) atoms. The first kappa shape index (κ1) is 18.3. The van der Waals surface area contributed by atoms with Crippen molar-refractivity contribution in [2.45, 2.75) is 50.2 Å². The van der Waals surface area contributed by atoms with E-state index >= 15 is 0 Å². The third-order valence-electron chi connectivity index (χ3n) is 5.17. The van der Waals surface area contributed by atoms with Gasteiger partial charge in [-0.3, -0.25) is 4.79 Å². The normalized spacial score (nSPS) is 17.3. The van der Waals surface area contributed by atoms with E-state index in [1.807, 2.05) is 48.0 Å². The number of ketones is 1. The van der Waals surface area contributed by atoms with Crippen LogP contribution in [0, 0.1) is 6.92 Å². The van der Waals surface area contributed by atoms with Crippen LogP contribution in [0.15, 0.2) is 41.1 Å². The van der Waals surface area contributed by atoms with Crippen LogP contribution >= 0.6 is 11.3 Å². The van der Waals surface area contributed by atoms with Gasteiger partial charge in [0.2, 0.25) is 0 Å². The van der Waals surface area contributed by atoms with Crippen molar-refractivity contribution in [3.63, 3.8) is 0 Å². The van der Waals surface area contributed by atoms with Crippen molar-refractivity contribution in [3.05, 3.63) is 57.8 Å². The van der Waals surface area contributed by atoms with E-state index < -0.39 is 15.3 Å². The van der Waals surface area contributed by atoms with Crippen LogP contribution in [0.25, 0.3) is 0 Å². The smallest absolute Gasteiger partial charge is 0.161 e. The quantitative estimate of drug-likeness (QED) is 0.749. The van der Waals surface area contributed by atoms with Gasteiger partial charge in [-0.1, -0.05) is 49.1 Å². The first-order chi connectivity index (χ1) is 11.9. The fraction of sp³-hybridized carbons (Fsp3) is 0.450. The minimum absolute atomic E-state index is 0.0707. The van der Waals surface area contributed by atoms with E-state index in [9.17, 15) is 13.2 Å². The molecule has 0 amide bonds. The van der Waals surface area contributed by atoms with E-state index in [-0.39, 0.29) is 17.3 Å². The molecule has 1 aromatic heterocycles. The highest BCUT2D eigenvalue weighted by molar-refractivity contribution is 7.91. The summed E-state index contributed by atoms with van der Waals surface area (Å²) in [4.78, 5) is 13.1. The molecule has 0 radical (unpaired) electrons. The highest BCUT2D eigenvalue weighted by atomic mass is 32.2. The SMILES string of the molecule is Cc1ccc(CS(=O)(=O)CC(=O)C2(c3ccsc3)CCCCC2)cc1. The zero-order chi connectivity index (χ0) is 17.9. The first-order valence-electron chi connectivity index (χ1n) is 8.73. The van der Waals surface area contributed by atoms with Crippen molar-refractivity contribution < 1.29 is 13.2 Å². The van der Waals surface area contributed by atoms with Crippen molar-refractivity contribution in [2.24, 2.45) is 0 Å². The summed E-state index contributed by atoms with van der Waals surface area (Å²) in [5.41, 5.74) is 2.24. The lowest BCUT2D eigenvalue weighted by Gasteiger charge is -2.35. The Bertz CT molecular complexity index is 812. The molecule has 1 aliphatic carbocycles. The molecular formula is C20H24O3S2. The Hall–Kier alpha value is -1.46. The minimum Gasteiger partial charge on any atom is -0.298 e. The maximum Gasteiger partial charge on any atom is 0.161 e. The average molecular weight is 377 g/mol. The Kier molecular flexibility index (Phi) is 5.44. The standard InChI is InChI=1S/C20H24O3S2/c1-16-5-7-17(8-6-16)14-25(22,23)15-19(21)20(10-3-2-4-11-20)18-9-12-24-13-18/h5-9,12-13H,2-4,10-11,14-15H2,1H3. The van der Waals surface area contributed by atoms with Gasteiger partial charge in [-0.25, -0.2) is 8.42 Å². The van der Waals surface area contributed by atoms with E-state index in [2.05, 4.69) is 0 Å². The lowest BCUT2D eigenvalue weighted by atomic mass is 9.68. The lowest BCUT2D eigenvalue weighted by Crippen LogP contribution is -2.41. The number of benzene rings is 1. The number of hydrogen-bond donors (Lipinski definition) is 0. The zero-order valence-corrected chi connectivity index (χ0v) is 16.2. The third kappa shape index (κ3) is 4.21. The van der Waals surface area contributed by atoms with Crippen LogP contribution in [0.5, 0.6) is 0 Å². The van der Waals surface area contributed by atoms with Gasteiger partial charge in [0.15, 0.2) is 15.6 Å². The van der Waals surface area contributed by atoms with Gasteiger partial charge in [0, 0.05) is 0 Å². The third-order valence-corrected chi connectivity index (χ3v) is 7.33. The number of Topliss-reactive ketones (excluding diaryl/α,β-unsaturated/α-hetero) is 1. The van der Waals surface area contributed by atoms with Crippen molar-refractivity contribution in [1.82, 2.24) is 0 Å². The molecule has 0 atom stereocenters. The zero-order valence-electron chi connectivity index (χ0n) is 14.5. The number of rotatable bonds is 6. The highest BCUT2D eigenvalue weighted by Crippen LogP contribution is 2.41. The Morgan fingerprint density at radius 1 is 1.08 bits per heavy atom. The summed E-state index contributed by atoms with van der Waals surface area (Å²) in [6.45, 7) is 1.97. The molecule has 0 spiro atoms. The van der Waals surface area contributed by atoms with Gasteiger partial charge in [-0.05, 0) is 47.7 Å². The number of carbonyl (C=O) groups excluding carboxylic acids is 1. The molecule has 0 N–H and O–H groups in total.